The van der Waals surface area contributed by atoms with Gasteiger partial charge in [-0.2, -0.15) is 0 Å². The van der Waals surface area contributed by atoms with Crippen molar-refractivity contribution in [1.82, 2.24) is 24.0 Å². The van der Waals surface area contributed by atoms with Crippen molar-refractivity contribution >= 4 is 23.0 Å². The smallest absolute Gasteiger partial charge is 0.333 e. The average Bonchev–Trinajstić information content (AvgIpc) is 3.12. The van der Waals surface area contributed by atoms with Gasteiger partial charge in [-0.15, -0.1) is 0 Å². The van der Waals surface area contributed by atoms with Crippen LogP contribution < -0.4 is 16.6 Å². The van der Waals surface area contributed by atoms with E-state index in [0.717, 1.165) is 14.7 Å². The van der Waals surface area contributed by atoms with Crippen LogP contribution in [0.3, 0.4) is 0 Å². The molecule has 31 heavy (non-hydrogen) atoms. The van der Waals surface area contributed by atoms with Crippen molar-refractivity contribution in [3.05, 3.63) is 62.8 Å². The number of rotatable bonds is 7. The first-order chi connectivity index (χ1) is 14.7. The van der Waals surface area contributed by atoms with Gasteiger partial charge in [0, 0.05) is 20.6 Å². The molecule has 2 heterocycles. The summed E-state index contributed by atoms with van der Waals surface area (Å²) in [6.07, 6.45) is 0.746. The molecule has 0 spiro atoms. The largest absolute Gasteiger partial charge is 0.451 e. The van der Waals surface area contributed by atoms with Crippen LogP contribution in [0, 0.1) is 5.82 Å². The SMILES string of the molecule is CC(OC(=O)Cn1c(=O)c2c(ncn2C)n(C)c1=O)C(=O)NCCc1ccc(F)cc1. The van der Waals surface area contributed by atoms with Gasteiger partial charge in [-0.25, -0.2) is 18.7 Å². The van der Waals surface area contributed by atoms with Crippen molar-refractivity contribution in [1.29, 1.82) is 0 Å². The third kappa shape index (κ3) is 4.71. The highest BCUT2D eigenvalue weighted by atomic mass is 19.1. The summed E-state index contributed by atoms with van der Waals surface area (Å²) in [6, 6.07) is 5.89. The molecule has 1 amide bonds. The molecule has 0 saturated carbocycles. The molecule has 11 heteroatoms. The molecule has 10 nitrogen and oxygen atoms in total. The zero-order chi connectivity index (χ0) is 22.7. The van der Waals surface area contributed by atoms with Gasteiger partial charge < -0.3 is 14.6 Å². The molecule has 164 valence electrons. The first-order valence-corrected chi connectivity index (χ1v) is 9.51. The van der Waals surface area contributed by atoms with E-state index in [4.69, 9.17) is 4.74 Å². The summed E-state index contributed by atoms with van der Waals surface area (Å²) >= 11 is 0. The zero-order valence-electron chi connectivity index (χ0n) is 17.3. The normalized spacial score (nSPS) is 12.0. The second-order valence-electron chi connectivity index (χ2n) is 7.06. The second kappa shape index (κ2) is 8.94. The summed E-state index contributed by atoms with van der Waals surface area (Å²) in [6.45, 7) is 1.01. The van der Waals surface area contributed by atoms with Crippen LogP contribution in [0.25, 0.3) is 11.2 Å². The Balaban J connectivity index is 1.60. The van der Waals surface area contributed by atoms with Gasteiger partial charge in [0.15, 0.2) is 17.3 Å². The number of esters is 1. The van der Waals surface area contributed by atoms with E-state index in [1.54, 1.807) is 19.2 Å². The number of ether oxygens (including phenoxy) is 1. The summed E-state index contributed by atoms with van der Waals surface area (Å²) in [4.78, 5) is 53.5. The van der Waals surface area contributed by atoms with Gasteiger partial charge in [0.2, 0.25) is 0 Å². The Hall–Kier alpha value is -3.76. The standard InChI is InChI=1S/C20H22FN5O5/c1-12(18(28)22-9-8-13-4-6-14(21)7-5-13)31-15(27)10-26-19(29)16-17(23-11-24(16)2)25(3)20(26)30/h4-7,11-12H,8-10H2,1-3H3,(H,22,28). The van der Waals surface area contributed by atoms with E-state index in [-0.39, 0.29) is 23.5 Å². The van der Waals surface area contributed by atoms with Crippen LogP contribution in [-0.2, 0) is 41.4 Å². The van der Waals surface area contributed by atoms with E-state index < -0.39 is 35.8 Å². The van der Waals surface area contributed by atoms with Crippen LogP contribution in [-0.4, -0.2) is 43.2 Å². The minimum absolute atomic E-state index is 0.168. The second-order valence-corrected chi connectivity index (χ2v) is 7.06. The van der Waals surface area contributed by atoms with E-state index in [1.807, 2.05) is 0 Å². The molecule has 1 atom stereocenters. The van der Waals surface area contributed by atoms with E-state index in [9.17, 15) is 23.6 Å². The van der Waals surface area contributed by atoms with Crippen molar-refractivity contribution in [2.24, 2.45) is 14.1 Å². The number of benzene rings is 1. The average molecular weight is 431 g/mol. The van der Waals surface area contributed by atoms with Gasteiger partial charge >= 0.3 is 11.7 Å². The number of fused-ring (bicyclic) bond motifs is 1. The predicted molar refractivity (Wildman–Crippen MR) is 109 cm³/mol. The van der Waals surface area contributed by atoms with Crippen LogP contribution >= 0.6 is 0 Å². The van der Waals surface area contributed by atoms with E-state index in [2.05, 4.69) is 10.3 Å². The van der Waals surface area contributed by atoms with Gasteiger partial charge in [-0.3, -0.25) is 19.0 Å². The first kappa shape index (κ1) is 21.9. The maximum Gasteiger partial charge on any atom is 0.333 e. The zero-order valence-corrected chi connectivity index (χ0v) is 17.3. The monoisotopic (exact) mass is 431 g/mol. The van der Waals surface area contributed by atoms with Crippen molar-refractivity contribution in [2.75, 3.05) is 6.54 Å². The van der Waals surface area contributed by atoms with Crippen molar-refractivity contribution in [3.63, 3.8) is 0 Å². The Morgan fingerprint density at radius 1 is 1.19 bits per heavy atom. The van der Waals surface area contributed by atoms with Gasteiger partial charge in [0.05, 0.1) is 6.33 Å². The molecule has 1 aromatic carbocycles. The van der Waals surface area contributed by atoms with Crippen molar-refractivity contribution in [2.45, 2.75) is 26.0 Å². The molecular weight excluding hydrogens is 409 g/mol. The lowest BCUT2D eigenvalue weighted by Gasteiger charge is -2.14. The number of carbonyl (C=O) groups excluding carboxylic acids is 2. The summed E-state index contributed by atoms with van der Waals surface area (Å²) in [5.74, 6) is -1.77. The fourth-order valence-electron chi connectivity index (χ4n) is 3.08. The number of nitrogens with zero attached hydrogens (tertiary/aromatic N) is 4. The molecule has 2 aromatic heterocycles. The van der Waals surface area contributed by atoms with Crippen LogP contribution in [0.15, 0.2) is 40.2 Å². The fraction of sp³-hybridized carbons (Fsp3) is 0.350. The summed E-state index contributed by atoms with van der Waals surface area (Å²) in [7, 11) is 3.04. The maximum atomic E-state index is 12.9. The minimum atomic E-state index is -1.12. The van der Waals surface area contributed by atoms with Crippen LogP contribution in [0.1, 0.15) is 12.5 Å². The lowest BCUT2D eigenvalue weighted by atomic mass is 10.1. The Morgan fingerprint density at radius 3 is 2.55 bits per heavy atom. The quantitative estimate of drug-likeness (QED) is 0.521. The summed E-state index contributed by atoms with van der Waals surface area (Å²) in [5, 5.41) is 2.62. The molecule has 0 aliphatic carbocycles. The number of aryl methyl sites for hydroxylation is 2. The fourth-order valence-corrected chi connectivity index (χ4v) is 3.08. The molecule has 0 radical (unpaired) electrons. The maximum absolute atomic E-state index is 12.9. The Morgan fingerprint density at radius 2 is 1.87 bits per heavy atom. The van der Waals surface area contributed by atoms with Gasteiger partial charge in [-0.05, 0) is 31.0 Å². The molecule has 3 rings (SSSR count). The number of halogens is 1. The third-order valence-electron chi connectivity index (χ3n) is 4.79. The van der Waals surface area contributed by atoms with Crippen LogP contribution in [0.5, 0.6) is 0 Å². The Labute approximate surface area is 175 Å². The highest BCUT2D eigenvalue weighted by molar-refractivity contribution is 5.83. The summed E-state index contributed by atoms with van der Waals surface area (Å²) < 4.78 is 21.3. The predicted octanol–water partition coefficient (Wildman–Crippen LogP) is -0.137. The first-order valence-electron chi connectivity index (χ1n) is 9.51. The molecule has 0 aliphatic heterocycles. The number of amides is 1. The van der Waals surface area contributed by atoms with E-state index in [0.29, 0.717) is 6.42 Å². The van der Waals surface area contributed by atoms with Crippen molar-refractivity contribution < 1.29 is 18.7 Å². The van der Waals surface area contributed by atoms with Crippen LogP contribution in [0.2, 0.25) is 0 Å². The topological polar surface area (TPSA) is 117 Å². The third-order valence-corrected chi connectivity index (χ3v) is 4.79. The van der Waals surface area contributed by atoms with E-state index >= 15 is 0 Å². The van der Waals surface area contributed by atoms with Crippen LogP contribution in [0.4, 0.5) is 4.39 Å². The molecule has 0 saturated heterocycles. The molecule has 1 unspecified atom stereocenters. The highest BCUT2D eigenvalue weighted by Gasteiger charge is 2.21. The lowest BCUT2D eigenvalue weighted by molar-refractivity contribution is -0.155. The number of hydrogen-bond acceptors (Lipinski definition) is 6. The number of aromatic nitrogens is 4. The minimum Gasteiger partial charge on any atom is -0.451 e. The molecule has 3 aromatic rings. The number of carbonyl (C=O) groups is 2. The van der Waals surface area contributed by atoms with Gasteiger partial charge in [0.25, 0.3) is 11.5 Å². The highest BCUT2D eigenvalue weighted by Crippen LogP contribution is 2.04. The molecule has 0 fully saturated rings. The Bertz CT molecular complexity index is 1240. The number of hydrogen-bond donors (Lipinski definition) is 1. The lowest BCUT2D eigenvalue weighted by Crippen LogP contribution is -2.43. The number of nitrogens with one attached hydrogen (secondary N) is 1. The van der Waals surface area contributed by atoms with E-state index in [1.165, 1.54) is 37.0 Å². The van der Waals surface area contributed by atoms with Gasteiger partial charge in [0.1, 0.15) is 12.4 Å². The van der Waals surface area contributed by atoms with Gasteiger partial charge in [-0.1, -0.05) is 12.1 Å². The number of imidazole rings is 1. The summed E-state index contributed by atoms with van der Waals surface area (Å²) in [5.41, 5.74) is -0.180. The molecule has 1 N–H and O–H groups in total. The molecular formula is C20H22FN5O5. The Kier molecular flexibility index (Phi) is 6.33. The van der Waals surface area contributed by atoms with Crippen molar-refractivity contribution in [3.8, 4) is 0 Å². The molecule has 0 bridgehead atoms. The molecule has 0 aliphatic rings.